The maximum Gasteiger partial charge on any atom is 0.328 e. The van der Waals surface area contributed by atoms with E-state index in [0.717, 1.165) is 16.6 Å². The zero-order valence-electron chi connectivity index (χ0n) is 13.0. The minimum absolute atomic E-state index is 0.0140. The lowest BCUT2D eigenvalue weighted by molar-refractivity contribution is 0.556. The van der Waals surface area contributed by atoms with Crippen molar-refractivity contribution in [2.75, 3.05) is 5.32 Å². The lowest BCUT2D eigenvalue weighted by Gasteiger charge is -2.12. The first-order valence-electron chi connectivity index (χ1n) is 7.48. The number of anilines is 1. The SMILES string of the molecule is CC(C)n1cc(CNc2ccnc3ccccc23)c(=O)[nH]c1=O. The number of aromatic nitrogens is 3. The Kier molecular flexibility index (Phi) is 3.97. The molecule has 2 heterocycles. The lowest BCUT2D eigenvalue weighted by Crippen LogP contribution is -2.33. The molecule has 3 rings (SSSR count). The van der Waals surface area contributed by atoms with E-state index in [2.05, 4.69) is 15.3 Å². The first-order valence-corrected chi connectivity index (χ1v) is 7.48. The van der Waals surface area contributed by atoms with Gasteiger partial charge in [0.1, 0.15) is 0 Å². The Bertz CT molecular complexity index is 951. The third kappa shape index (κ3) is 3.01. The Morgan fingerprint density at radius 2 is 2.00 bits per heavy atom. The van der Waals surface area contributed by atoms with Crippen molar-refractivity contribution in [3.05, 3.63) is 69.1 Å². The van der Waals surface area contributed by atoms with Gasteiger partial charge in [-0.2, -0.15) is 0 Å². The van der Waals surface area contributed by atoms with E-state index in [0.29, 0.717) is 12.1 Å². The van der Waals surface area contributed by atoms with E-state index in [1.807, 2.05) is 44.2 Å². The molecule has 2 aromatic heterocycles. The number of benzene rings is 1. The van der Waals surface area contributed by atoms with Gasteiger partial charge in [-0.3, -0.25) is 19.3 Å². The summed E-state index contributed by atoms with van der Waals surface area (Å²) in [5.41, 5.74) is 1.55. The largest absolute Gasteiger partial charge is 0.380 e. The van der Waals surface area contributed by atoms with Crippen LogP contribution in [0.5, 0.6) is 0 Å². The number of pyridine rings is 1. The van der Waals surface area contributed by atoms with E-state index in [1.165, 1.54) is 4.57 Å². The minimum atomic E-state index is -0.386. The molecule has 0 spiro atoms. The van der Waals surface area contributed by atoms with Gasteiger partial charge in [0.15, 0.2) is 0 Å². The maximum absolute atomic E-state index is 12.0. The highest BCUT2D eigenvalue weighted by atomic mass is 16.2. The predicted molar refractivity (Wildman–Crippen MR) is 90.8 cm³/mol. The van der Waals surface area contributed by atoms with Crippen LogP contribution in [0, 0.1) is 0 Å². The van der Waals surface area contributed by atoms with E-state index in [-0.39, 0.29) is 17.3 Å². The molecule has 0 unspecified atom stereocenters. The molecule has 0 fully saturated rings. The van der Waals surface area contributed by atoms with Crippen LogP contribution in [-0.4, -0.2) is 14.5 Å². The molecule has 0 saturated heterocycles. The summed E-state index contributed by atoms with van der Waals surface area (Å²) in [5.74, 6) is 0. The fraction of sp³-hybridized carbons (Fsp3) is 0.235. The number of para-hydroxylation sites is 1. The van der Waals surface area contributed by atoms with E-state index >= 15 is 0 Å². The molecule has 6 heteroatoms. The van der Waals surface area contributed by atoms with Gasteiger partial charge in [-0.1, -0.05) is 18.2 Å². The average molecular weight is 310 g/mol. The van der Waals surface area contributed by atoms with E-state index in [1.54, 1.807) is 12.4 Å². The predicted octanol–water partition coefficient (Wildman–Crippen LogP) is 2.28. The molecular formula is C17H18N4O2. The van der Waals surface area contributed by atoms with Crippen LogP contribution in [0.2, 0.25) is 0 Å². The van der Waals surface area contributed by atoms with Crippen LogP contribution >= 0.6 is 0 Å². The first kappa shape index (κ1) is 15.0. The van der Waals surface area contributed by atoms with Crippen molar-refractivity contribution < 1.29 is 0 Å². The molecule has 23 heavy (non-hydrogen) atoms. The summed E-state index contributed by atoms with van der Waals surface area (Å²) in [5, 5.41) is 4.24. The second-order valence-corrected chi connectivity index (χ2v) is 5.64. The number of nitrogens with zero attached hydrogens (tertiary/aromatic N) is 2. The first-order chi connectivity index (χ1) is 11.1. The fourth-order valence-electron chi connectivity index (χ4n) is 2.48. The number of rotatable bonds is 4. The third-order valence-corrected chi connectivity index (χ3v) is 3.72. The van der Waals surface area contributed by atoms with E-state index in [4.69, 9.17) is 0 Å². The Labute approximate surface area is 132 Å². The van der Waals surface area contributed by atoms with E-state index < -0.39 is 0 Å². The van der Waals surface area contributed by atoms with Crippen molar-refractivity contribution in [3.63, 3.8) is 0 Å². The highest BCUT2D eigenvalue weighted by Gasteiger charge is 2.08. The molecule has 0 bridgehead atoms. The van der Waals surface area contributed by atoms with Crippen LogP contribution in [-0.2, 0) is 6.54 Å². The van der Waals surface area contributed by atoms with E-state index in [9.17, 15) is 9.59 Å². The number of aromatic amines is 1. The maximum atomic E-state index is 12.0. The van der Waals surface area contributed by atoms with Crippen molar-refractivity contribution in [1.29, 1.82) is 0 Å². The number of fused-ring (bicyclic) bond motifs is 1. The Morgan fingerprint density at radius 1 is 1.22 bits per heavy atom. The standard InChI is InChI=1S/C17H18N4O2/c1-11(2)21-10-12(16(22)20-17(21)23)9-19-15-7-8-18-14-6-4-3-5-13(14)15/h3-8,10-11H,9H2,1-2H3,(H,18,19)(H,20,22,23). The minimum Gasteiger partial charge on any atom is -0.380 e. The van der Waals surface area contributed by atoms with Crippen molar-refractivity contribution in [1.82, 2.24) is 14.5 Å². The van der Waals surface area contributed by atoms with Crippen molar-refractivity contribution in [3.8, 4) is 0 Å². The third-order valence-electron chi connectivity index (χ3n) is 3.72. The monoisotopic (exact) mass is 310 g/mol. The summed E-state index contributed by atoms with van der Waals surface area (Å²) >= 11 is 0. The molecule has 6 nitrogen and oxygen atoms in total. The van der Waals surface area contributed by atoms with Crippen LogP contribution in [0.4, 0.5) is 5.69 Å². The highest BCUT2D eigenvalue weighted by Crippen LogP contribution is 2.21. The number of H-pyrrole nitrogens is 1. The van der Waals surface area contributed by atoms with Gasteiger partial charge >= 0.3 is 5.69 Å². The zero-order chi connectivity index (χ0) is 16.4. The molecule has 0 atom stereocenters. The molecule has 1 aromatic carbocycles. The van der Waals surface area contributed by atoms with Gasteiger partial charge in [-0.15, -0.1) is 0 Å². The van der Waals surface area contributed by atoms with Crippen LogP contribution in [0.1, 0.15) is 25.5 Å². The van der Waals surface area contributed by atoms with Gasteiger partial charge in [-0.05, 0) is 26.0 Å². The molecule has 0 aliphatic carbocycles. The number of hydrogen-bond acceptors (Lipinski definition) is 4. The van der Waals surface area contributed by atoms with Crippen molar-refractivity contribution >= 4 is 16.6 Å². The highest BCUT2D eigenvalue weighted by molar-refractivity contribution is 5.90. The quantitative estimate of drug-likeness (QED) is 0.775. The Balaban J connectivity index is 1.93. The summed E-state index contributed by atoms with van der Waals surface area (Å²) in [6.45, 7) is 4.12. The molecule has 0 radical (unpaired) electrons. The fourth-order valence-corrected chi connectivity index (χ4v) is 2.48. The Morgan fingerprint density at radius 3 is 2.78 bits per heavy atom. The van der Waals surface area contributed by atoms with Gasteiger partial charge in [0.25, 0.3) is 5.56 Å². The van der Waals surface area contributed by atoms with Gasteiger partial charge < -0.3 is 5.32 Å². The lowest BCUT2D eigenvalue weighted by atomic mass is 10.2. The number of hydrogen-bond donors (Lipinski definition) is 2. The van der Waals surface area contributed by atoms with Crippen LogP contribution in [0.3, 0.4) is 0 Å². The summed E-state index contributed by atoms with van der Waals surface area (Å²) in [4.78, 5) is 30.4. The molecule has 0 amide bonds. The summed E-state index contributed by atoms with van der Waals surface area (Å²) in [6.07, 6.45) is 3.34. The topological polar surface area (TPSA) is 79.8 Å². The summed E-state index contributed by atoms with van der Waals surface area (Å²) < 4.78 is 1.52. The second kappa shape index (κ2) is 6.08. The van der Waals surface area contributed by atoms with Gasteiger partial charge in [0, 0.05) is 36.1 Å². The zero-order valence-corrected chi connectivity index (χ0v) is 13.0. The van der Waals surface area contributed by atoms with Crippen LogP contribution < -0.4 is 16.6 Å². The van der Waals surface area contributed by atoms with Crippen LogP contribution in [0.15, 0.2) is 52.3 Å². The molecule has 2 N–H and O–H groups in total. The second-order valence-electron chi connectivity index (χ2n) is 5.64. The van der Waals surface area contributed by atoms with Gasteiger partial charge in [-0.25, -0.2) is 4.79 Å². The normalized spacial score (nSPS) is 11.1. The molecule has 118 valence electrons. The summed E-state index contributed by atoms with van der Waals surface area (Å²) in [6, 6.07) is 9.65. The molecule has 0 aliphatic heterocycles. The van der Waals surface area contributed by atoms with Gasteiger partial charge in [0.05, 0.1) is 11.1 Å². The van der Waals surface area contributed by atoms with Crippen molar-refractivity contribution in [2.45, 2.75) is 26.4 Å². The summed E-state index contributed by atoms with van der Waals surface area (Å²) in [7, 11) is 0. The van der Waals surface area contributed by atoms with Crippen LogP contribution in [0.25, 0.3) is 10.9 Å². The van der Waals surface area contributed by atoms with Gasteiger partial charge in [0.2, 0.25) is 0 Å². The molecule has 3 aromatic rings. The Hall–Kier alpha value is -2.89. The average Bonchev–Trinajstić information content (AvgIpc) is 2.53. The smallest absolute Gasteiger partial charge is 0.328 e. The number of nitrogens with one attached hydrogen (secondary N) is 2. The van der Waals surface area contributed by atoms with Crippen molar-refractivity contribution in [2.24, 2.45) is 0 Å². The molecule has 0 saturated carbocycles. The molecular weight excluding hydrogens is 292 g/mol. The molecule has 0 aliphatic rings.